The van der Waals surface area contributed by atoms with E-state index in [2.05, 4.69) is 43.4 Å². The maximum atomic E-state index is 5.70. The number of hydrogen-bond acceptors (Lipinski definition) is 3. The van der Waals surface area contributed by atoms with Gasteiger partial charge in [0.2, 0.25) is 0 Å². The Morgan fingerprint density at radius 2 is 1.95 bits per heavy atom. The molecule has 0 spiro atoms. The van der Waals surface area contributed by atoms with Gasteiger partial charge in [-0.3, -0.25) is 0 Å². The summed E-state index contributed by atoms with van der Waals surface area (Å²) in [6.45, 7) is 3.95. The number of nitrogens with one attached hydrogen (secondary N) is 1. The number of rotatable bonds is 8. The van der Waals surface area contributed by atoms with Crippen molar-refractivity contribution in [2.24, 2.45) is 5.92 Å². The highest BCUT2D eigenvalue weighted by atomic mass is 16.5. The first-order chi connectivity index (χ1) is 9.63. The van der Waals surface area contributed by atoms with E-state index in [0.717, 1.165) is 24.8 Å². The van der Waals surface area contributed by atoms with Crippen molar-refractivity contribution in [1.82, 2.24) is 4.90 Å². The molecule has 1 aromatic rings. The third kappa shape index (κ3) is 5.04. The van der Waals surface area contributed by atoms with Crippen molar-refractivity contribution in [2.75, 3.05) is 32.6 Å². The normalized spacial score (nSPS) is 16.8. The van der Waals surface area contributed by atoms with Crippen molar-refractivity contribution < 1.29 is 4.74 Å². The maximum Gasteiger partial charge on any atom is 0.119 e. The lowest BCUT2D eigenvalue weighted by Gasteiger charge is -2.28. The molecule has 0 aromatic heterocycles. The molecular formula is C17H28N2O. The Balaban J connectivity index is 1.72. The van der Waals surface area contributed by atoms with Crippen LogP contribution in [0, 0.1) is 5.92 Å². The number of likely N-dealkylation sites (N-methyl/N-ethyl adjacent to an activating group) is 1. The molecule has 0 radical (unpaired) electrons. The summed E-state index contributed by atoms with van der Waals surface area (Å²) < 4.78 is 5.70. The number of ether oxygens (including phenoxy) is 1. The minimum atomic E-state index is 0.556. The Hall–Kier alpha value is -1.22. The summed E-state index contributed by atoms with van der Waals surface area (Å²) >= 11 is 0. The monoisotopic (exact) mass is 276 g/mol. The molecule has 3 heteroatoms. The fourth-order valence-corrected chi connectivity index (χ4v) is 2.57. The molecule has 1 N–H and O–H groups in total. The van der Waals surface area contributed by atoms with Gasteiger partial charge in [-0.25, -0.2) is 0 Å². The van der Waals surface area contributed by atoms with Crippen LogP contribution in [-0.2, 0) is 0 Å². The predicted octanol–water partition coefficient (Wildman–Crippen LogP) is 3.62. The van der Waals surface area contributed by atoms with Crippen LogP contribution in [0.3, 0.4) is 0 Å². The third-order valence-electron chi connectivity index (χ3n) is 3.99. The van der Waals surface area contributed by atoms with Gasteiger partial charge in [0, 0.05) is 18.3 Å². The highest BCUT2D eigenvalue weighted by Crippen LogP contribution is 2.31. The van der Waals surface area contributed by atoms with E-state index in [9.17, 15) is 0 Å². The first-order valence-corrected chi connectivity index (χ1v) is 7.77. The van der Waals surface area contributed by atoms with Gasteiger partial charge in [0.05, 0.1) is 0 Å². The van der Waals surface area contributed by atoms with Gasteiger partial charge < -0.3 is 15.0 Å². The number of benzene rings is 1. The minimum absolute atomic E-state index is 0.556. The Kier molecular flexibility index (Phi) is 5.72. The van der Waals surface area contributed by atoms with Gasteiger partial charge in [0.1, 0.15) is 12.4 Å². The van der Waals surface area contributed by atoms with Crippen molar-refractivity contribution in [3.8, 4) is 5.75 Å². The molecular weight excluding hydrogens is 248 g/mol. The fraction of sp³-hybridized carbons (Fsp3) is 0.647. The zero-order chi connectivity index (χ0) is 14.4. The Labute approximate surface area is 123 Å². The first kappa shape index (κ1) is 15.2. The smallest absolute Gasteiger partial charge is 0.119 e. The second-order valence-corrected chi connectivity index (χ2v) is 6.25. The summed E-state index contributed by atoms with van der Waals surface area (Å²) in [4.78, 5) is 2.12. The summed E-state index contributed by atoms with van der Waals surface area (Å²) in [6.07, 6.45) is 5.56. The summed E-state index contributed by atoms with van der Waals surface area (Å²) in [5, 5.41) is 3.58. The van der Waals surface area contributed by atoms with Crippen LogP contribution in [-0.4, -0.2) is 38.2 Å². The van der Waals surface area contributed by atoms with Crippen molar-refractivity contribution >= 4 is 5.69 Å². The number of hydrogen-bond donors (Lipinski definition) is 1. The van der Waals surface area contributed by atoms with Crippen molar-refractivity contribution in [1.29, 1.82) is 0 Å². The second kappa shape index (κ2) is 7.53. The predicted molar refractivity (Wildman–Crippen MR) is 85.5 cm³/mol. The van der Waals surface area contributed by atoms with Gasteiger partial charge in [-0.1, -0.05) is 19.3 Å². The second-order valence-electron chi connectivity index (χ2n) is 6.25. The Bertz CT molecular complexity index is 384. The lowest BCUT2D eigenvalue weighted by atomic mass is 9.81. The van der Waals surface area contributed by atoms with Crippen molar-refractivity contribution in [3.63, 3.8) is 0 Å². The van der Waals surface area contributed by atoms with Gasteiger partial charge in [0.25, 0.3) is 0 Å². The molecule has 0 amide bonds. The molecule has 3 nitrogen and oxygen atoms in total. The molecule has 1 saturated carbocycles. The van der Waals surface area contributed by atoms with Crippen LogP contribution in [0.25, 0.3) is 0 Å². The van der Waals surface area contributed by atoms with Crippen LogP contribution < -0.4 is 10.1 Å². The molecule has 0 aliphatic heterocycles. The fourth-order valence-electron chi connectivity index (χ4n) is 2.57. The van der Waals surface area contributed by atoms with Crippen molar-refractivity contribution in [3.05, 3.63) is 24.3 Å². The zero-order valence-electron chi connectivity index (χ0n) is 13.1. The minimum Gasteiger partial charge on any atom is -0.492 e. The number of anilines is 1. The van der Waals surface area contributed by atoms with Crippen LogP contribution in [0.4, 0.5) is 5.69 Å². The highest BCUT2D eigenvalue weighted by Gasteiger charge is 2.19. The third-order valence-corrected chi connectivity index (χ3v) is 3.99. The van der Waals surface area contributed by atoms with Crippen molar-refractivity contribution in [2.45, 2.75) is 38.6 Å². The van der Waals surface area contributed by atoms with Crippen LogP contribution in [0.2, 0.25) is 0 Å². The van der Waals surface area contributed by atoms with Gasteiger partial charge in [-0.05, 0) is 57.6 Å². The average molecular weight is 276 g/mol. The quantitative estimate of drug-likeness (QED) is 0.785. The molecule has 2 rings (SSSR count). The highest BCUT2D eigenvalue weighted by molar-refractivity contribution is 5.46. The van der Waals surface area contributed by atoms with Gasteiger partial charge in [0.15, 0.2) is 0 Å². The van der Waals surface area contributed by atoms with Gasteiger partial charge in [-0.15, -0.1) is 0 Å². The Morgan fingerprint density at radius 1 is 1.25 bits per heavy atom. The van der Waals surface area contributed by atoms with E-state index in [1.807, 2.05) is 12.1 Å². The maximum absolute atomic E-state index is 5.70. The summed E-state index contributed by atoms with van der Waals surface area (Å²) in [6, 6.07) is 8.88. The van der Waals surface area contributed by atoms with Gasteiger partial charge >= 0.3 is 0 Å². The van der Waals surface area contributed by atoms with E-state index in [-0.39, 0.29) is 0 Å². The molecule has 20 heavy (non-hydrogen) atoms. The van der Waals surface area contributed by atoms with Crippen LogP contribution >= 0.6 is 0 Å². The average Bonchev–Trinajstić information content (AvgIpc) is 2.36. The molecule has 1 fully saturated rings. The van der Waals surface area contributed by atoms with Crippen LogP contribution in [0.5, 0.6) is 5.75 Å². The molecule has 1 unspecified atom stereocenters. The SMILES string of the molecule is CC(CC1CCC1)Nc1ccc(OCCN(C)C)cc1. The molecule has 0 heterocycles. The molecule has 1 aliphatic rings. The summed E-state index contributed by atoms with van der Waals surface area (Å²) in [7, 11) is 4.11. The van der Waals surface area contributed by atoms with E-state index in [4.69, 9.17) is 4.74 Å². The van der Waals surface area contributed by atoms with Gasteiger partial charge in [-0.2, -0.15) is 0 Å². The molecule has 1 aromatic carbocycles. The summed E-state index contributed by atoms with van der Waals surface area (Å²) in [5.41, 5.74) is 1.19. The van der Waals surface area contributed by atoms with E-state index >= 15 is 0 Å². The Morgan fingerprint density at radius 3 is 2.50 bits per heavy atom. The summed E-state index contributed by atoms with van der Waals surface area (Å²) in [5.74, 6) is 1.90. The lowest BCUT2D eigenvalue weighted by molar-refractivity contribution is 0.261. The van der Waals surface area contributed by atoms with E-state index < -0.39 is 0 Å². The van der Waals surface area contributed by atoms with Crippen LogP contribution in [0.15, 0.2) is 24.3 Å². The molecule has 0 bridgehead atoms. The van der Waals surface area contributed by atoms with E-state index in [0.29, 0.717) is 6.04 Å². The zero-order valence-corrected chi connectivity index (χ0v) is 13.1. The van der Waals surface area contributed by atoms with E-state index in [1.165, 1.54) is 31.4 Å². The molecule has 0 saturated heterocycles. The lowest BCUT2D eigenvalue weighted by Crippen LogP contribution is -2.23. The standard InChI is InChI=1S/C17H28N2O/c1-14(13-15-5-4-6-15)18-16-7-9-17(10-8-16)20-12-11-19(2)3/h7-10,14-15,18H,4-6,11-13H2,1-3H3. The topological polar surface area (TPSA) is 24.5 Å². The van der Waals surface area contributed by atoms with E-state index in [1.54, 1.807) is 0 Å². The number of nitrogens with zero attached hydrogens (tertiary/aromatic N) is 1. The first-order valence-electron chi connectivity index (χ1n) is 7.77. The largest absolute Gasteiger partial charge is 0.492 e. The molecule has 1 aliphatic carbocycles. The van der Waals surface area contributed by atoms with Crippen LogP contribution in [0.1, 0.15) is 32.6 Å². The molecule has 1 atom stereocenters. The molecule has 112 valence electrons.